The lowest BCUT2D eigenvalue weighted by atomic mass is 10.3. The minimum Gasteiger partial charge on any atom is -0.372 e. The van der Waals surface area contributed by atoms with Gasteiger partial charge in [-0.3, -0.25) is 9.00 Å². The molecule has 0 fully saturated rings. The van der Waals surface area contributed by atoms with Crippen LogP contribution in [-0.4, -0.2) is 45.4 Å². The molecule has 1 atom stereocenters. The smallest absolute Gasteiger partial charge is 0.271 e. The summed E-state index contributed by atoms with van der Waals surface area (Å²) < 4.78 is 11.1. The molecule has 1 amide bonds. The monoisotopic (exact) mass is 256 g/mol. The van der Waals surface area contributed by atoms with Crippen LogP contribution in [0.15, 0.2) is 12.1 Å². The van der Waals surface area contributed by atoms with Crippen molar-refractivity contribution >= 4 is 22.5 Å². The van der Waals surface area contributed by atoms with Crippen LogP contribution in [0.1, 0.15) is 17.4 Å². The third-order valence-corrected chi connectivity index (χ3v) is 3.39. The Balaban J connectivity index is 2.44. The number of nitrogens with one attached hydrogen (secondary N) is 2. The van der Waals surface area contributed by atoms with Gasteiger partial charge in [-0.25, -0.2) is 0 Å². The van der Waals surface area contributed by atoms with Gasteiger partial charge in [0.05, 0.1) is 0 Å². The van der Waals surface area contributed by atoms with E-state index in [4.69, 9.17) is 0 Å². The van der Waals surface area contributed by atoms with Crippen LogP contribution in [0.25, 0.3) is 0 Å². The second-order valence-corrected chi connectivity index (χ2v) is 5.11. The largest absolute Gasteiger partial charge is 0.372 e. The zero-order valence-corrected chi connectivity index (χ0v) is 10.7. The molecule has 0 aliphatic heterocycles. The average molecular weight is 256 g/mol. The highest BCUT2D eigenvalue weighted by Crippen LogP contribution is 2.00. The summed E-state index contributed by atoms with van der Waals surface area (Å²) in [6.45, 7) is 2.23. The van der Waals surface area contributed by atoms with Gasteiger partial charge in [-0.05, 0) is 12.1 Å². The van der Waals surface area contributed by atoms with Gasteiger partial charge in [-0.15, -0.1) is 10.2 Å². The Morgan fingerprint density at radius 1 is 1.41 bits per heavy atom. The first-order chi connectivity index (χ1) is 8.17. The molecule has 6 nitrogen and oxygen atoms in total. The Morgan fingerprint density at radius 2 is 2.18 bits per heavy atom. The quantitative estimate of drug-likeness (QED) is 0.749. The van der Waals surface area contributed by atoms with Gasteiger partial charge >= 0.3 is 0 Å². The Labute approximate surface area is 103 Å². The molecule has 7 heteroatoms. The lowest BCUT2D eigenvalue weighted by Gasteiger charge is -2.04. The van der Waals surface area contributed by atoms with Gasteiger partial charge in [0.2, 0.25) is 0 Å². The molecule has 0 bridgehead atoms. The Morgan fingerprint density at radius 3 is 2.71 bits per heavy atom. The van der Waals surface area contributed by atoms with Crippen molar-refractivity contribution in [1.82, 2.24) is 15.5 Å². The molecular weight excluding hydrogens is 240 g/mol. The molecule has 1 aromatic rings. The van der Waals surface area contributed by atoms with Crippen molar-refractivity contribution in [3.05, 3.63) is 17.8 Å². The normalized spacial score (nSPS) is 11.9. The summed E-state index contributed by atoms with van der Waals surface area (Å²) >= 11 is 0. The predicted molar refractivity (Wildman–Crippen MR) is 67.5 cm³/mol. The van der Waals surface area contributed by atoms with E-state index in [1.54, 1.807) is 19.2 Å². The average Bonchev–Trinajstić information content (AvgIpc) is 2.38. The first-order valence-electron chi connectivity index (χ1n) is 5.32. The maximum absolute atomic E-state index is 11.6. The Kier molecular flexibility index (Phi) is 5.55. The summed E-state index contributed by atoms with van der Waals surface area (Å²) in [6.07, 6.45) is 0. The summed E-state index contributed by atoms with van der Waals surface area (Å²) in [6, 6.07) is 3.26. The Hall–Kier alpha value is -1.50. The van der Waals surface area contributed by atoms with Crippen molar-refractivity contribution in [2.75, 3.05) is 30.4 Å². The number of nitrogens with zero attached hydrogens (tertiary/aromatic N) is 2. The van der Waals surface area contributed by atoms with Gasteiger partial charge in [0, 0.05) is 35.9 Å². The maximum Gasteiger partial charge on any atom is 0.271 e. The second kappa shape index (κ2) is 6.95. The van der Waals surface area contributed by atoms with Crippen molar-refractivity contribution in [2.24, 2.45) is 0 Å². The van der Waals surface area contributed by atoms with Crippen molar-refractivity contribution in [1.29, 1.82) is 0 Å². The standard InChI is InChI=1S/C10H16N4O2S/c1-3-17(16)7-6-12-10(15)8-4-5-9(11-2)14-13-8/h4-5H,3,6-7H2,1-2H3,(H,11,14)(H,12,15). The van der Waals surface area contributed by atoms with Crippen LogP contribution in [0.5, 0.6) is 0 Å². The van der Waals surface area contributed by atoms with Gasteiger partial charge in [0.1, 0.15) is 5.82 Å². The maximum atomic E-state index is 11.6. The Bertz CT molecular complexity index is 394. The van der Waals surface area contributed by atoms with Crippen molar-refractivity contribution in [3.8, 4) is 0 Å². The molecule has 2 N–H and O–H groups in total. The minimum atomic E-state index is -0.866. The lowest BCUT2D eigenvalue weighted by molar-refractivity contribution is 0.0950. The third kappa shape index (κ3) is 4.48. The van der Waals surface area contributed by atoms with E-state index < -0.39 is 10.8 Å². The number of hydrogen-bond acceptors (Lipinski definition) is 5. The first-order valence-corrected chi connectivity index (χ1v) is 6.80. The topological polar surface area (TPSA) is 84.0 Å². The van der Waals surface area contributed by atoms with Crippen LogP contribution < -0.4 is 10.6 Å². The number of anilines is 1. The molecule has 17 heavy (non-hydrogen) atoms. The van der Waals surface area contributed by atoms with Crippen LogP contribution in [0.3, 0.4) is 0 Å². The summed E-state index contributed by atoms with van der Waals surface area (Å²) in [5.74, 6) is 1.37. The number of amides is 1. The number of carbonyl (C=O) groups is 1. The van der Waals surface area contributed by atoms with Crippen LogP contribution in [0, 0.1) is 0 Å². The molecule has 0 aliphatic carbocycles. The fraction of sp³-hybridized carbons (Fsp3) is 0.500. The number of aromatic nitrogens is 2. The molecular formula is C10H16N4O2S. The van der Waals surface area contributed by atoms with Crippen LogP contribution >= 0.6 is 0 Å². The number of rotatable bonds is 6. The van der Waals surface area contributed by atoms with Crippen molar-refractivity contribution < 1.29 is 9.00 Å². The summed E-state index contributed by atoms with van der Waals surface area (Å²) in [5.41, 5.74) is 0.256. The molecule has 0 saturated heterocycles. The zero-order chi connectivity index (χ0) is 12.7. The van der Waals surface area contributed by atoms with E-state index in [9.17, 15) is 9.00 Å². The third-order valence-electron chi connectivity index (χ3n) is 2.09. The van der Waals surface area contributed by atoms with E-state index in [1.807, 2.05) is 6.92 Å². The van der Waals surface area contributed by atoms with E-state index in [0.717, 1.165) is 0 Å². The fourth-order valence-corrected chi connectivity index (χ4v) is 1.72. The van der Waals surface area contributed by atoms with Gasteiger partial charge in [-0.2, -0.15) is 0 Å². The van der Waals surface area contributed by atoms with Crippen LogP contribution in [0.2, 0.25) is 0 Å². The molecule has 0 aromatic carbocycles. The minimum absolute atomic E-state index is 0.256. The van der Waals surface area contributed by atoms with E-state index in [0.29, 0.717) is 23.9 Å². The first kappa shape index (κ1) is 13.6. The summed E-state index contributed by atoms with van der Waals surface area (Å²) in [5, 5.41) is 13.0. The fourth-order valence-electron chi connectivity index (χ4n) is 1.10. The second-order valence-electron chi connectivity index (χ2n) is 3.24. The molecule has 0 spiro atoms. The van der Waals surface area contributed by atoms with Gasteiger partial charge in [0.15, 0.2) is 5.69 Å². The molecule has 1 heterocycles. The molecule has 0 radical (unpaired) electrons. The molecule has 0 aliphatic rings. The van der Waals surface area contributed by atoms with Crippen LogP contribution in [0.4, 0.5) is 5.82 Å². The molecule has 0 saturated carbocycles. The SMILES string of the molecule is CCS(=O)CCNC(=O)c1ccc(NC)nn1. The highest BCUT2D eigenvalue weighted by atomic mass is 32.2. The van der Waals surface area contributed by atoms with E-state index in [2.05, 4.69) is 20.8 Å². The molecule has 1 unspecified atom stereocenters. The molecule has 1 aromatic heterocycles. The van der Waals surface area contributed by atoms with Crippen LogP contribution in [-0.2, 0) is 10.8 Å². The highest BCUT2D eigenvalue weighted by molar-refractivity contribution is 7.84. The van der Waals surface area contributed by atoms with Gasteiger partial charge in [0.25, 0.3) is 5.91 Å². The lowest BCUT2D eigenvalue weighted by Crippen LogP contribution is -2.28. The summed E-state index contributed by atoms with van der Waals surface area (Å²) in [4.78, 5) is 11.6. The van der Waals surface area contributed by atoms with Crippen molar-refractivity contribution in [2.45, 2.75) is 6.92 Å². The van der Waals surface area contributed by atoms with Crippen molar-refractivity contribution in [3.63, 3.8) is 0 Å². The predicted octanol–water partition coefficient (Wildman–Crippen LogP) is 0.0167. The molecule has 94 valence electrons. The van der Waals surface area contributed by atoms with E-state index in [-0.39, 0.29) is 11.6 Å². The molecule has 1 rings (SSSR count). The van der Waals surface area contributed by atoms with E-state index in [1.165, 1.54) is 0 Å². The summed E-state index contributed by atoms with van der Waals surface area (Å²) in [7, 11) is 0.860. The van der Waals surface area contributed by atoms with Gasteiger partial charge in [-0.1, -0.05) is 6.92 Å². The van der Waals surface area contributed by atoms with Gasteiger partial charge < -0.3 is 10.6 Å². The highest BCUT2D eigenvalue weighted by Gasteiger charge is 2.07. The number of hydrogen-bond donors (Lipinski definition) is 2. The van der Waals surface area contributed by atoms with E-state index >= 15 is 0 Å². The number of carbonyl (C=O) groups excluding carboxylic acids is 1. The zero-order valence-electron chi connectivity index (χ0n) is 9.90.